The Labute approximate surface area is 104 Å². The lowest BCUT2D eigenvalue weighted by atomic mass is 10.3. The number of nitrogens with one attached hydrogen (secondary N) is 1. The van der Waals surface area contributed by atoms with E-state index in [1.54, 1.807) is 18.2 Å². The van der Waals surface area contributed by atoms with Crippen molar-refractivity contribution in [2.45, 2.75) is 12.8 Å². The van der Waals surface area contributed by atoms with Crippen LogP contribution in [0.15, 0.2) is 28.7 Å². The zero-order chi connectivity index (χ0) is 11.6. The van der Waals surface area contributed by atoms with Gasteiger partial charge in [-0.05, 0) is 31.0 Å². The minimum Gasteiger partial charge on any atom is -0.271 e. The van der Waals surface area contributed by atoms with Gasteiger partial charge >= 0.3 is 10.2 Å². The molecule has 0 bridgehead atoms. The van der Waals surface area contributed by atoms with Crippen molar-refractivity contribution >= 4 is 31.8 Å². The van der Waals surface area contributed by atoms with E-state index in [0.29, 0.717) is 18.8 Å². The number of hydrogen-bond donors (Lipinski definition) is 1. The number of hydrogen-bond acceptors (Lipinski definition) is 2. The zero-order valence-corrected chi connectivity index (χ0v) is 11.1. The summed E-state index contributed by atoms with van der Waals surface area (Å²) >= 11 is 3.30. The standard InChI is InChI=1S/C10H13BrN2O2S/c11-9-4-3-5-10(8-9)12-16(14,15)13-6-1-2-7-13/h3-5,8,12H,1-2,6-7H2. The first-order valence-electron chi connectivity index (χ1n) is 5.11. The predicted octanol–water partition coefficient (Wildman–Crippen LogP) is 2.20. The molecule has 0 aromatic heterocycles. The van der Waals surface area contributed by atoms with Crippen molar-refractivity contribution in [1.82, 2.24) is 4.31 Å². The molecular weight excluding hydrogens is 292 g/mol. The summed E-state index contributed by atoms with van der Waals surface area (Å²) in [6.45, 7) is 1.23. The van der Waals surface area contributed by atoms with Crippen molar-refractivity contribution in [3.05, 3.63) is 28.7 Å². The lowest BCUT2D eigenvalue weighted by Gasteiger charge is -2.16. The maximum Gasteiger partial charge on any atom is 0.301 e. The van der Waals surface area contributed by atoms with Crippen LogP contribution in [0.5, 0.6) is 0 Å². The van der Waals surface area contributed by atoms with E-state index >= 15 is 0 Å². The third-order valence-corrected chi connectivity index (χ3v) is 4.51. The minimum absolute atomic E-state index is 0.585. The first-order valence-corrected chi connectivity index (χ1v) is 7.35. The highest BCUT2D eigenvalue weighted by atomic mass is 79.9. The van der Waals surface area contributed by atoms with Crippen LogP contribution in [0.1, 0.15) is 12.8 Å². The van der Waals surface area contributed by atoms with E-state index in [0.717, 1.165) is 17.3 Å². The second-order valence-corrected chi connectivity index (χ2v) is 6.31. The van der Waals surface area contributed by atoms with Gasteiger partial charge in [0.25, 0.3) is 0 Å². The molecular formula is C10H13BrN2O2S. The molecule has 88 valence electrons. The predicted molar refractivity (Wildman–Crippen MR) is 67.5 cm³/mol. The molecule has 0 amide bonds. The van der Waals surface area contributed by atoms with E-state index in [9.17, 15) is 8.42 Å². The summed E-state index contributed by atoms with van der Waals surface area (Å²) in [4.78, 5) is 0. The maximum atomic E-state index is 11.9. The molecule has 0 spiro atoms. The Morgan fingerprint density at radius 1 is 1.25 bits per heavy atom. The molecule has 1 aliphatic heterocycles. The zero-order valence-electron chi connectivity index (χ0n) is 8.69. The number of halogens is 1. The molecule has 1 fully saturated rings. The fraction of sp³-hybridized carbons (Fsp3) is 0.400. The van der Waals surface area contributed by atoms with Gasteiger partial charge in [-0.2, -0.15) is 12.7 Å². The average Bonchev–Trinajstić information content (AvgIpc) is 2.69. The summed E-state index contributed by atoms with van der Waals surface area (Å²) in [6.07, 6.45) is 1.89. The van der Waals surface area contributed by atoms with Gasteiger partial charge in [-0.15, -0.1) is 0 Å². The molecule has 16 heavy (non-hydrogen) atoms. The highest BCUT2D eigenvalue weighted by molar-refractivity contribution is 9.10. The van der Waals surface area contributed by atoms with Crippen LogP contribution in [0.25, 0.3) is 0 Å². The van der Waals surface area contributed by atoms with E-state index in [2.05, 4.69) is 20.7 Å². The van der Waals surface area contributed by atoms with E-state index in [1.807, 2.05) is 6.07 Å². The van der Waals surface area contributed by atoms with Crippen LogP contribution in [0.3, 0.4) is 0 Å². The second-order valence-electron chi connectivity index (χ2n) is 3.72. The van der Waals surface area contributed by atoms with Crippen molar-refractivity contribution in [2.75, 3.05) is 17.8 Å². The Kier molecular flexibility index (Phi) is 3.51. The Balaban J connectivity index is 2.14. The molecule has 0 aliphatic carbocycles. The quantitative estimate of drug-likeness (QED) is 0.931. The number of benzene rings is 1. The Morgan fingerprint density at radius 3 is 2.56 bits per heavy atom. The summed E-state index contributed by atoms with van der Waals surface area (Å²) in [5.41, 5.74) is 0.585. The van der Waals surface area contributed by atoms with Crippen LogP contribution in [0.4, 0.5) is 5.69 Å². The van der Waals surface area contributed by atoms with Gasteiger partial charge in [-0.25, -0.2) is 0 Å². The van der Waals surface area contributed by atoms with Crippen LogP contribution in [0, 0.1) is 0 Å². The molecule has 0 saturated carbocycles. The molecule has 6 heteroatoms. The molecule has 1 aromatic carbocycles. The van der Waals surface area contributed by atoms with Crippen LogP contribution in [0.2, 0.25) is 0 Å². The molecule has 1 heterocycles. The highest BCUT2D eigenvalue weighted by Crippen LogP contribution is 2.19. The van der Waals surface area contributed by atoms with E-state index in [4.69, 9.17) is 0 Å². The molecule has 1 saturated heterocycles. The smallest absolute Gasteiger partial charge is 0.271 e. The number of rotatable bonds is 3. The third-order valence-electron chi connectivity index (χ3n) is 2.48. The minimum atomic E-state index is -3.37. The summed E-state index contributed by atoms with van der Waals surface area (Å²) < 4.78 is 28.7. The average molecular weight is 305 g/mol. The summed E-state index contributed by atoms with van der Waals surface area (Å²) in [5.74, 6) is 0. The molecule has 2 rings (SSSR count). The topological polar surface area (TPSA) is 49.4 Å². The van der Waals surface area contributed by atoms with Gasteiger partial charge in [0.15, 0.2) is 0 Å². The Hall–Kier alpha value is -0.590. The van der Waals surface area contributed by atoms with Crippen LogP contribution >= 0.6 is 15.9 Å². The lowest BCUT2D eigenvalue weighted by Crippen LogP contribution is -2.33. The number of anilines is 1. The molecule has 1 aliphatic rings. The van der Waals surface area contributed by atoms with Crippen LogP contribution in [-0.2, 0) is 10.2 Å². The first-order chi connectivity index (χ1) is 7.58. The highest BCUT2D eigenvalue weighted by Gasteiger charge is 2.24. The molecule has 0 atom stereocenters. The van der Waals surface area contributed by atoms with Gasteiger partial charge < -0.3 is 0 Å². The van der Waals surface area contributed by atoms with Gasteiger partial charge in [-0.3, -0.25) is 4.72 Å². The molecule has 1 aromatic rings. The summed E-state index contributed by atoms with van der Waals surface area (Å²) in [7, 11) is -3.37. The van der Waals surface area contributed by atoms with Gasteiger partial charge in [0.2, 0.25) is 0 Å². The van der Waals surface area contributed by atoms with Crippen molar-refractivity contribution < 1.29 is 8.42 Å². The normalized spacial score (nSPS) is 17.6. The van der Waals surface area contributed by atoms with Gasteiger partial charge in [0.1, 0.15) is 0 Å². The molecule has 1 N–H and O–H groups in total. The summed E-state index contributed by atoms with van der Waals surface area (Å²) in [6, 6.07) is 7.13. The molecule has 0 unspecified atom stereocenters. The van der Waals surface area contributed by atoms with Crippen molar-refractivity contribution in [3.63, 3.8) is 0 Å². The fourth-order valence-electron chi connectivity index (χ4n) is 1.69. The van der Waals surface area contributed by atoms with Gasteiger partial charge in [0.05, 0.1) is 5.69 Å². The Morgan fingerprint density at radius 2 is 1.94 bits per heavy atom. The van der Waals surface area contributed by atoms with Crippen LogP contribution < -0.4 is 4.72 Å². The lowest BCUT2D eigenvalue weighted by molar-refractivity contribution is 0.482. The molecule has 4 nitrogen and oxygen atoms in total. The number of nitrogens with zero attached hydrogens (tertiary/aromatic N) is 1. The van der Waals surface area contributed by atoms with Crippen LogP contribution in [-0.4, -0.2) is 25.8 Å². The fourth-order valence-corrected chi connectivity index (χ4v) is 3.39. The maximum absolute atomic E-state index is 11.9. The van der Waals surface area contributed by atoms with Crippen molar-refractivity contribution in [1.29, 1.82) is 0 Å². The van der Waals surface area contributed by atoms with Gasteiger partial charge in [0, 0.05) is 17.6 Å². The first kappa shape index (κ1) is 11.9. The van der Waals surface area contributed by atoms with Gasteiger partial charge in [-0.1, -0.05) is 22.0 Å². The third kappa shape index (κ3) is 2.75. The van der Waals surface area contributed by atoms with Crippen molar-refractivity contribution in [3.8, 4) is 0 Å². The van der Waals surface area contributed by atoms with E-state index < -0.39 is 10.2 Å². The van der Waals surface area contributed by atoms with E-state index in [1.165, 1.54) is 4.31 Å². The Bertz CT molecular complexity index is 469. The SMILES string of the molecule is O=S(=O)(Nc1cccc(Br)c1)N1CCCC1. The molecule has 0 radical (unpaired) electrons. The monoisotopic (exact) mass is 304 g/mol. The largest absolute Gasteiger partial charge is 0.301 e. The summed E-state index contributed by atoms with van der Waals surface area (Å²) in [5, 5.41) is 0. The second kappa shape index (κ2) is 4.73. The van der Waals surface area contributed by atoms with E-state index in [-0.39, 0.29) is 0 Å². The van der Waals surface area contributed by atoms with Crippen molar-refractivity contribution in [2.24, 2.45) is 0 Å².